The van der Waals surface area contributed by atoms with Gasteiger partial charge in [0, 0.05) is 19.6 Å². The predicted molar refractivity (Wildman–Crippen MR) is 90.1 cm³/mol. The number of aliphatic imine (C=N–C) groups is 1. The highest BCUT2D eigenvalue weighted by Crippen LogP contribution is 2.12. The second-order valence-electron chi connectivity index (χ2n) is 5.63. The molecule has 1 aromatic carbocycles. The van der Waals surface area contributed by atoms with Crippen molar-refractivity contribution in [1.82, 2.24) is 10.6 Å². The maximum Gasteiger partial charge on any atom is 0.191 e. The number of hydrogen-bond donors (Lipinski definition) is 2. The van der Waals surface area contributed by atoms with Gasteiger partial charge in [-0.15, -0.1) is 0 Å². The molecule has 0 amide bonds. The molecule has 2 N–H and O–H groups in total. The van der Waals surface area contributed by atoms with Crippen LogP contribution in [0, 0.1) is 5.92 Å². The number of methoxy groups -OCH3 is 1. The van der Waals surface area contributed by atoms with Crippen molar-refractivity contribution in [3.63, 3.8) is 0 Å². The van der Waals surface area contributed by atoms with Crippen LogP contribution in [0.4, 0.5) is 0 Å². The van der Waals surface area contributed by atoms with E-state index in [0.717, 1.165) is 31.1 Å². The molecule has 0 bridgehead atoms. The van der Waals surface area contributed by atoms with E-state index in [1.807, 2.05) is 19.2 Å². The Morgan fingerprint density at radius 3 is 2.38 bits per heavy atom. The van der Waals surface area contributed by atoms with Gasteiger partial charge in [0.1, 0.15) is 5.75 Å². The molecule has 0 saturated heterocycles. The van der Waals surface area contributed by atoms with Crippen LogP contribution in [-0.4, -0.2) is 32.7 Å². The van der Waals surface area contributed by atoms with Gasteiger partial charge in [-0.05, 0) is 43.4 Å². The number of aryl methyl sites for hydroxylation is 1. The van der Waals surface area contributed by atoms with Crippen LogP contribution >= 0.6 is 0 Å². The van der Waals surface area contributed by atoms with E-state index in [1.54, 1.807) is 7.11 Å². The number of nitrogens with zero attached hydrogens (tertiary/aromatic N) is 1. The highest BCUT2D eigenvalue weighted by Gasteiger charge is 2.08. The van der Waals surface area contributed by atoms with Crippen LogP contribution in [0.5, 0.6) is 5.75 Å². The first-order valence-corrected chi connectivity index (χ1v) is 7.67. The minimum absolute atomic E-state index is 0.415. The minimum atomic E-state index is 0.415. The van der Waals surface area contributed by atoms with Gasteiger partial charge in [-0.3, -0.25) is 4.99 Å². The number of rotatable bonds is 7. The van der Waals surface area contributed by atoms with Crippen molar-refractivity contribution in [2.45, 2.75) is 39.7 Å². The lowest BCUT2D eigenvalue weighted by molar-refractivity contribution is 0.414. The number of nitrogens with one attached hydrogen (secondary N) is 2. The third kappa shape index (κ3) is 6.52. The first-order valence-electron chi connectivity index (χ1n) is 7.67. The van der Waals surface area contributed by atoms with E-state index in [4.69, 9.17) is 4.74 Å². The lowest BCUT2D eigenvalue weighted by atomic mass is 10.1. The Labute approximate surface area is 129 Å². The van der Waals surface area contributed by atoms with Gasteiger partial charge in [-0.25, -0.2) is 0 Å². The second kappa shape index (κ2) is 9.27. The van der Waals surface area contributed by atoms with Gasteiger partial charge >= 0.3 is 0 Å². The van der Waals surface area contributed by atoms with Gasteiger partial charge in [0.05, 0.1) is 7.11 Å². The molecule has 4 heteroatoms. The summed E-state index contributed by atoms with van der Waals surface area (Å²) in [5.41, 5.74) is 1.33. The quantitative estimate of drug-likeness (QED) is 0.461. The summed E-state index contributed by atoms with van der Waals surface area (Å²) in [6, 6.07) is 8.67. The fourth-order valence-corrected chi connectivity index (χ4v) is 1.87. The smallest absolute Gasteiger partial charge is 0.191 e. The van der Waals surface area contributed by atoms with Crippen LogP contribution in [0.1, 0.15) is 32.8 Å². The van der Waals surface area contributed by atoms with Gasteiger partial charge in [0.15, 0.2) is 5.96 Å². The molecule has 0 aromatic heterocycles. The average molecular weight is 291 g/mol. The molecule has 1 rings (SSSR count). The molecule has 0 fully saturated rings. The molecule has 0 radical (unpaired) electrons. The fraction of sp³-hybridized carbons (Fsp3) is 0.588. The van der Waals surface area contributed by atoms with Crippen molar-refractivity contribution in [2.75, 3.05) is 20.7 Å². The summed E-state index contributed by atoms with van der Waals surface area (Å²) in [6.45, 7) is 7.49. The van der Waals surface area contributed by atoms with Gasteiger partial charge in [0.25, 0.3) is 0 Å². The molecule has 118 valence electrons. The van der Waals surface area contributed by atoms with Crippen molar-refractivity contribution < 1.29 is 4.74 Å². The van der Waals surface area contributed by atoms with E-state index in [0.29, 0.717) is 12.0 Å². The summed E-state index contributed by atoms with van der Waals surface area (Å²) in [4.78, 5) is 4.26. The zero-order chi connectivity index (χ0) is 15.7. The van der Waals surface area contributed by atoms with Crippen LogP contribution in [0.25, 0.3) is 0 Å². The van der Waals surface area contributed by atoms with Crippen molar-refractivity contribution in [1.29, 1.82) is 0 Å². The largest absolute Gasteiger partial charge is 0.497 e. The summed E-state index contributed by atoms with van der Waals surface area (Å²) in [7, 11) is 3.50. The van der Waals surface area contributed by atoms with Crippen LogP contribution in [0.2, 0.25) is 0 Å². The van der Waals surface area contributed by atoms with Gasteiger partial charge in [-0.1, -0.05) is 26.0 Å². The van der Waals surface area contributed by atoms with E-state index in [2.05, 4.69) is 48.5 Å². The lowest BCUT2D eigenvalue weighted by Gasteiger charge is -2.20. The Balaban J connectivity index is 2.28. The van der Waals surface area contributed by atoms with Crippen LogP contribution in [0.3, 0.4) is 0 Å². The van der Waals surface area contributed by atoms with E-state index in [1.165, 1.54) is 5.56 Å². The first kappa shape index (κ1) is 17.3. The number of guanidine groups is 1. The minimum Gasteiger partial charge on any atom is -0.497 e. The van der Waals surface area contributed by atoms with Crippen molar-refractivity contribution in [3.8, 4) is 5.75 Å². The van der Waals surface area contributed by atoms with E-state index < -0.39 is 0 Å². The standard InChI is InChI=1S/C17H29N3O/c1-13(2)14(3)20-17(18-4)19-12-6-7-15-8-10-16(21-5)11-9-15/h8-11,13-14H,6-7,12H2,1-5H3,(H2,18,19,20). The fourth-order valence-electron chi connectivity index (χ4n) is 1.87. The molecule has 0 heterocycles. The molecule has 0 aliphatic carbocycles. The maximum atomic E-state index is 5.16. The molecular formula is C17H29N3O. The monoisotopic (exact) mass is 291 g/mol. The molecule has 1 unspecified atom stereocenters. The molecule has 1 aromatic rings. The van der Waals surface area contributed by atoms with Crippen molar-refractivity contribution >= 4 is 5.96 Å². The Morgan fingerprint density at radius 2 is 1.86 bits per heavy atom. The highest BCUT2D eigenvalue weighted by atomic mass is 16.5. The summed E-state index contributed by atoms with van der Waals surface area (Å²) < 4.78 is 5.16. The normalized spacial score (nSPS) is 13.1. The van der Waals surface area contributed by atoms with Gasteiger partial charge in [0.2, 0.25) is 0 Å². The zero-order valence-corrected chi connectivity index (χ0v) is 13.9. The summed E-state index contributed by atoms with van der Waals surface area (Å²) in [5, 5.41) is 6.76. The average Bonchev–Trinajstić information content (AvgIpc) is 2.50. The van der Waals surface area contributed by atoms with Crippen LogP contribution in [-0.2, 0) is 6.42 Å². The van der Waals surface area contributed by atoms with Crippen molar-refractivity contribution in [2.24, 2.45) is 10.9 Å². The summed E-state index contributed by atoms with van der Waals surface area (Å²) >= 11 is 0. The third-order valence-electron chi connectivity index (χ3n) is 3.68. The van der Waals surface area contributed by atoms with E-state index in [-0.39, 0.29) is 0 Å². The number of hydrogen-bond acceptors (Lipinski definition) is 2. The molecule has 0 saturated carbocycles. The summed E-state index contributed by atoms with van der Waals surface area (Å²) in [5.74, 6) is 2.37. The molecule has 1 atom stereocenters. The topological polar surface area (TPSA) is 45.7 Å². The highest BCUT2D eigenvalue weighted by molar-refractivity contribution is 5.79. The Kier molecular flexibility index (Phi) is 7.65. The Morgan fingerprint density at radius 1 is 1.19 bits per heavy atom. The molecule has 21 heavy (non-hydrogen) atoms. The maximum absolute atomic E-state index is 5.16. The molecule has 4 nitrogen and oxygen atoms in total. The Bertz CT molecular complexity index is 426. The van der Waals surface area contributed by atoms with E-state index in [9.17, 15) is 0 Å². The van der Waals surface area contributed by atoms with Crippen molar-refractivity contribution in [3.05, 3.63) is 29.8 Å². The Hall–Kier alpha value is -1.71. The zero-order valence-electron chi connectivity index (χ0n) is 13.9. The second-order valence-corrected chi connectivity index (χ2v) is 5.63. The lowest BCUT2D eigenvalue weighted by Crippen LogP contribution is -2.44. The molecule has 0 aliphatic heterocycles. The summed E-state index contributed by atoms with van der Waals surface area (Å²) in [6.07, 6.45) is 2.12. The number of benzene rings is 1. The van der Waals surface area contributed by atoms with Gasteiger partial charge < -0.3 is 15.4 Å². The van der Waals surface area contributed by atoms with Crippen LogP contribution in [0.15, 0.2) is 29.3 Å². The van der Waals surface area contributed by atoms with Crippen LogP contribution < -0.4 is 15.4 Å². The molecule has 0 spiro atoms. The molecular weight excluding hydrogens is 262 g/mol. The third-order valence-corrected chi connectivity index (χ3v) is 3.68. The SMILES string of the molecule is CN=C(NCCCc1ccc(OC)cc1)NC(C)C(C)C. The number of ether oxygens (including phenoxy) is 1. The predicted octanol–water partition coefficient (Wildman–Crippen LogP) is 2.84. The van der Waals surface area contributed by atoms with Gasteiger partial charge in [-0.2, -0.15) is 0 Å². The van der Waals surface area contributed by atoms with E-state index >= 15 is 0 Å². The molecule has 0 aliphatic rings. The first-order chi connectivity index (χ1) is 10.1.